The normalized spacial score (nSPS) is 19.4. The first kappa shape index (κ1) is 70.3. The minimum Gasteiger partial charge on any atom is -0.394 e. The third-order valence-electron chi connectivity index (χ3n) is 14.7. The van der Waals surface area contributed by atoms with Gasteiger partial charge in [-0.3, -0.25) is 9.35 Å². The van der Waals surface area contributed by atoms with Gasteiger partial charge in [0.15, 0.2) is 6.29 Å². The summed E-state index contributed by atoms with van der Waals surface area (Å²) < 4.78 is 47.8. The molecule has 0 aromatic heterocycles. The van der Waals surface area contributed by atoms with E-state index in [1.807, 2.05) is 6.08 Å². The first-order chi connectivity index (χ1) is 36.0. The molecular weight excluding hydrogens is 955 g/mol. The molecule has 0 radical (unpaired) electrons. The molecule has 1 aliphatic heterocycles. The molecule has 0 saturated carbocycles. The van der Waals surface area contributed by atoms with Crippen LogP contribution >= 0.6 is 0 Å². The van der Waals surface area contributed by atoms with Crippen molar-refractivity contribution >= 4 is 16.3 Å². The van der Waals surface area contributed by atoms with Gasteiger partial charge in [-0.15, -0.1) is 0 Å². The Kier molecular flexibility index (Phi) is 48.3. The number of carbonyl (C=O) groups excluding carboxylic acids is 1. The Balaban J connectivity index is 2.19. The number of hydrogen-bond donors (Lipinski definition) is 6. The molecule has 436 valence electrons. The van der Waals surface area contributed by atoms with Gasteiger partial charge in [0.05, 0.1) is 25.4 Å². The molecule has 7 atom stereocenters. The summed E-state index contributed by atoms with van der Waals surface area (Å²) in [4.78, 5) is 13.1. The van der Waals surface area contributed by atoms with E-state index in [4.69, 9.17) is 9.47 Å². The van der Waals surface area contributed by atoms with Crippen molar-refractivity contribution in [1.29, 1.82) is 0 Å². The van der Waals surface area contributed by atoms with Crippen LogP contribution in [0.3, 0.4) is 0 Å². The van der Waals surface area contributed by atoms with Crippen LogP contribution in [0.4, 0.5) is 0 Å². The van der Waals surface area contributed by atoms with Gasteiger partial charge in [0.1, 0.15) is 24.4 Å². The smallest absolute Gasteiger partial charge is 0.394 e. The van der Waals surface area contributed by atoms with Crippen LogP contribution in [-0.4, -0.2) is 95.4 Å². The quantitative estimate of drug-likeness (QED) is 0.0193. The summed E-state index contributed by atoms with van der Waals surface area (Å²) in [5, 5.41) is 44.9. The van der Waals surface area contributed by atoms with Gasteiger partial charge in [0, 0.05) is 6.42 Å². The van der Waals surface area contributed by atoms with Crippen molar-refractivity contribution in [2.24, 2.45) is 0 Å². The highest BCUT2D eigenvalue weighted by Gasteiger charge is 2.48. The predicted octanol–water partition coefficient (Wildman–Crippen LogP) is 15.0. The molecule has 0 aromatic carbocycles. The third-order valence-corrected chi connectivity index (χ3v) is 15.1. The number of unbranched alkanes of at least 4 members (excludes halogenated alkanes) is 38. The standard InChI is InChI=1S/C61H115NO11S/c1-3-5-7-9-11-13-15-17-18-19-20-21-22-23-24-25-26-27-28-29-30-31-32-33-34-35-36-37-38-39-41-43-45-47-49-51-57(65)62-54(55(64)50-48-46-44-42-40-16-14-12-10-8-6-4-2)53-71-61-59(67)60(73-74(68,69)70)58(66)56(52-63)72-61/h22-23,25-26,48,50,54-56,58-61,63-64,66-67H,3-21,24,27-47,49,51-53H2,1-2H3,(H,62,65)(H,68,69,70)/b23-22-,26-25-,50-48+. The summed E-state index contributed by atoms with van der Waals surface area (Å²) in [6, 6.07) is -0.942. The summed E-state index contributed by atoms with van der Waals surface area (Å²) in [6.45, 7) is 3.41. The van der Waals surface area contributed by atoms with E-state index in [9.17, 15) is 38.2 Å². The summed E-state index contributed by atoms with van der Waals surface area (Å²) in [5.74, 6) is -0.260. The molecule has 6 N–H and O–H groups in total. The molecule has 1 rings (SSSR count). The van der Waals surface area contributed by atoms with Crippen LogP contribution in [0.15, 0.2) is 36.5 Å². The fourth-order valence-electron chi connectivity index (χ4n) is 9.90. The summed E-state index contributed by atoms with van der Waals surface area (Å²) in [7, 11) is -5.09. The van der Waals surface area contributed by atoms with Gasteiger partial charge in [-0.2, -0.15) is 8.42 Å². The van der Waals surface area contributed by atoms with E-state index < -0.39 is 59.9 Å². The molecule has 12 nitrogen and oxygen atoms in total. The highest BCUT2D eigenvalue weighted by atomic mass is 32.3. The van der Waals surface area contributed by atoms with E-state index in [-0.39, 0.29) is 18.9 Å². The monoisotopic (exact) mass is 1070 g/mol. The van der Waals surface area contributed by atoms with E-state index in [2.05, 4.69) is 47.7 Å². The average Bonchev–Trinajstić information content (AvgIpc) is 3.38. The SMILES string of the molecule is CCCCCCCCCCCC/C=C/C(O)C(COC1OC(CO)C(O)C(OS(=O)(=O)O)C1O)NC(=O)CCCCCCCCCCCCCCCCCCC/C=C\C/C=C\CCCCCCCCCCCCC. The van der Waals surface area contributed by atoms with Crippen LogP contribution < -0.4 is 5.32 Å². The van der Waals surface area contributed by atoms with Gasteiger partial charge < -0.3 is 35.2 Å². The van der Waals surface area contributed by atoms with Crippen molar-refractivity contribution in [2.45, 2.75) is 333 Å². The number of rotatable bonds is 54. The summed E-state index contributed by atoms with van der Waals surface area (Å²) in [6.07, 6.45) is 56.6. The van der Waals surface area contributed by atoms with E-state index in [1.54, 1.807) is 6.08 Å². The lowest BCUT2D eigenvalue weighted by Gasteiger charge is -2.41. The topological polar surface area (TPSA) is 192 Å². The second-order valence-corrected chi connectivity index (χ2v) is 22.7. The Morgan fingerprint density at radius 1 is 0.541 bits per heavy atom. The maximum absolute atomic E-state index is 13.1. The van der Waals surface area contributed by atoms with Crippen molar-refractivity contribution in [3.05, 3.63) is 36.5 Å². The molecule has 1 saturated heterocycles. The summed E-state index contributed by atoms with van der Waals surface area (Å²) in [5.41, 5.74) is 0. The van der Waals surface area contributed by atoms with E-state index in [1.165, 1.54) is 218 Å². The number of aliphatic hydroxyl groups is 4. The fourth-order valence-corrected chi connectivity index (χ4v) is 10.4. The van der Waals surface area contributed by atoms with E-state index in [0.717, 1.165) is 44.9 Å². The fraction of sp³-hybridized carbons (Fsp3) is 0.885. The first-order valence-electron chi connectivity index (χ1n) is 30.9. The third kappa shape index (κ3) is 42.4. The number of nitrogens with one attached hydrogen (secondary N) is 1. The Labute approximate surface area is 454 Å². The maximum Gasteiger partial charge on any atom is 0.397 e. The van der Waals surface area contributed by atoms with Crippen LogP contribution in [0, 0.1) is 0 Å². The largest absolute Gasteiger partial charge is 0.397 e. The minimum atomic E-state index is -5.09. The number of hydrogen-bond acceptors (Lipinski definition) is 10. The number of allylic oxidation sites excluding steroid dienone is 5. The molecule has 1 heterocycles. The Hall–Kier alpha value is -1.68. The zero-order valence-electron chi connectivity index (χ0n) is 47.4. The van der Waals surface area contributed by atoms with Gasteiger partial charge in [-0.25, -0.2) is 4.18 Å². The van der Waals surface area contributed by atoms with Crippen molar-refractivity contribution in [3.8, 4) is 0 Å². The Bertz CT molecular complexity index is 1440. The second kappa shape index (κ2) is 50.8. The number of ether oxygens (including phenoxy) is 2. The number of carbonyl (C=O) groups is 1. The van der Waals surface area contributed by atoms with Gasteiger partial charge in [0.25, 0.3) is 0 Å². The van der Waals surface area contributed by atoms with E-state index >= 15 is 0 Å². The summed E-state index contributed by atoms with van der Waals surface area (Å²) >= 11 is 0. The highest BCUT2D eigenvalue weighted by Crippen LogP contribution is 2.26. The van der Waals surface area contributed by atoms with Crippen molar-refractivity contribution in [3.63, 3.8) is 0 Å². The van der Waals surface area contributed by atoms with Crippen LogP contribution in [-0.2, 0) is 28.9 Å². The molecule has 13 heteroatoms. The van der Waals surface area contributed by atoms with Crippen molar-refractivity contribution in [1.82, 2.24) is 5.32 Å². The predicted molar refractivity (Wildman–Crippen MR) is 305 cm³/mol. The minimum absolute atomic E-state index is 0.260. The Morgan fingerprint density at radius 3 is 1.28 bits per heavy atom. The van der Waals surface area contributed by atoms with Crippen LogP contribution in [0.1, 0.15) is 290 Å². The lowest BCUT2D eigenvalue weighted by molar-refractivity contribution is -0.298. The maximum atomic E-state index is 13.1. The number of aliphatic hydroxyl groups excluding tert-OH is 4. The zero-order valence-corrected chi connectivity index (χ0v) is 48.2. The van der Waals surface area contributed by atoms with Crippen molar-refractivity contribution < 1.29 is 51.8 Å². The van der Waals surface area contributed by atoms with Crippen LogP contribution in [0.5, 0.6) is 0 Å². The molecule has 7 unspecified atom stereocenters. The molecule has 1 amide bonds. The molecule has 0 aliphatic carbocycles. The molecular formula is C61H115NO11S. The molecule has 0 aromatic rings. The van der Waals surface area contributed by atoms with Gasteiger partial charge in [-0.1, -0.05) is 269 Å². The lowest BCUT2D eigenvalue weighted by atomic mass is 9.99. The Morgan fingerprint density at radius 2 is 0.905 bits per heavy atom. The average molecular weight is 1070 g/mol. The van der Waals surface area contributed by atoms with Gasteiger partial charge in [0.2, 0.25) is 5.91 Å². The molecule has 0 spiro atoms. The molecule has 1 aliphatic rings. The van der Waals surface area contributed by atoms with E-state index in [0.29, 0.717) is 6.42 Å². The highest BCUT2D eigenvalue weighted by molar-refractivity contribution is 7.80. The van der Waals surface area contributed by atoms with Gasteiger partial charge >= 0.3 is 10.4 Å². The van der Waals surface area contributed by atoms with Crippen LogP contribution in [0.25, 0.3) is 0 Å². The zero-order chi connectivity index (χ0) is 54.0. The second-order valence-electron chi connectivity index (χ2n) is 21.6. The first-order valence-corrected chi connectivity index (χ1v) is 32.2. The van der Waals surface area contributed by atoms with Crippen LogP contribution in [0.2, 0.25) is 0 Å². The lowest BCUT2D eigenvalue weighted by Crippen LogP contribution is -2.61. The molecule has 74 heavy (non-hydrogen) atoms. The van der Waals surface area contributed by atoms with Gasteiger partial charge in [-0.05, 0) is 51.4 Å². The molecule has 0 bridgehead atoms. The number of amides is 1. The molecule has 1 fully saturated rings. The van der Waals surface area contributed by atoms with Crippen molar-refractivity contribution in [2.75, 3.05) is 13.2 Å².